The van der Waals surface area contributed by atoms with E-state index in [1.807, 2.05) is 30.3 Å². The second-order valence-corrected chi connectivity index (χ2v) is 6.17. The Labute approximate surface area is 149 Å². The molecule has 1 aliphatic rings. The van der Waals surface area contributed by atoms with Gasteiger partial charge in [-0.3, -0.25) is 4.79 Å². The van der Waals surface area contributed by atoms with Crippen LogP contribution in [0.15, 0.2) is 30.3 Å². The zero-order valence-corrected chi connectivity index (χ0v) is 14.8. The molecule has 0 unspecified atom stereocenters. The standard InChI is InChI=1S/C19H27NO5/c1-20(19(22)25-15-16-7-3-2-4-8-16)12-5-9-17(21)10-11-18-23-13-6-14-24-18/h2-4,7-8,18H,5-6,9-15H2,1H3. The minimum atomic E-state index is -0.375. The maximum Gasteiger partial charge on any atom is 0.409 e. The zero-order valence-electron chi connectivity index (χ0n) is 14.8. The van der Waals surface area contributed by atoms with Gasteiger partial charge in [-0.1, -0.05) is 30.3 Å². The molecule has 1 heterocycles. The Morgan fingerprint density at radius 2 is 1.88 bits per heavy atom. The number of carbonyl (C=O) groups excluding carboxylic acids is 2. The van der Waals surface area contributed by atoms with Crippen LogP contribution in [-0.4, -0.2) is 49.9 Å². The quantitative estimate of drug-likeness (QED) is 0.685. The fourth-order valence-corrected chi connectivity index (χ4v) is 2.54. The molecule has 0 bridgehead atoms. The van der Waals surface area contributed by atoms with Crippen LogP contribution >= 0.6 is 0 Å². The van der Waals surface area contributed by atoms with Gasteiger partial charge in [0, 0.05) is 32.9 Å². The number of amides is 1. The highest BCUT2D eigenvalue weighted by atomic mass is 16.7. The lowest BCUT2D eigenvalue weighted by molar-refractivity contribution is -0.182. The molecule has 0 radical (unpaired) electrons. The SMILES string of the molecule is CN(CCCC(=O)CCC1OCCCO1)C(=O)OCc1ccccc1. The van der Waals surface area contributed by atoms with Gasteiger partial charge in [-0.05, 0) is 18.4 Å². The third-order valence-corrected chi connectivity index (χ3v) is 4.02. The second-order valence-electron chi connectivity index (χ2n) is 6.17. The van der Waals surface area contributed by atoms with Gasteiger partial charge in [0.15, 0.2) is 6.29 Å². The highest BCUT2D eigenvalue weighted by Crippen LogP contribution is 2.12. The molecule has 138 valence electrons. The molecule has 6 heteroatoms. The largest absolute Gasteiger partial charge is 0.445 e. The van der Waals surface area contributed by atoms with Crippen molar-refractivity contribution in [1.29, 1.82) is 0 Å². The summed E-state index contributed by atoms with van der Waals surface area (Å²) in [5.41, 5.74) is 0.951. The molecule has 1 aromatic rings. The van der Waals surface area contributed by atoms with E-state index >= 15 is 0 Å². The molecule has 2 rings (SSSR count). The first-order valence-electron chi connectivity index (χ1n) is 8.82. The van der Waals surface area contributed by atoms with Gasteiger partial charge in [-0.2, -0.15) is 0 Å². The molecule has 1 aromatic carbocycles. The van der Waals surface area contributed by atoms with Gasteiger partial charge in [0.2, 0.25) is 0 Å². The Hall–Kier alpha value is -1.92. The molecule has 0 aliphatic carbocycles. The first-order valence-corrected chi connectivity index (χ1v) is 8.82. The van der Waals surface area contributed by atoms with Crippen molar-refractivity contribution in [2.45, 2.75) is 45.0 Å². The van der Waals surface area contributed by atoms with E-state index < -0.39 is 0 Å². The zero-order chi connectivity index (χ0) is 17.9. The van der Waals surface area contributed by atoms with E-state index in [2.05, 4.69) is 0 Å². The normalized spacial score (nSPS) is 14.9. The van der Waals surface area contributed by atoms with E-state index in [9.17, 15) is 9.59 Å². The van der Waals surface area contributed by atoms with Crippen molar-refractivity contribution in [2.75, 3.05) is 26.8 Å². The lowest BCUT2D eigenvalue weighted by atomic mass is 10.1. The number of hydrogen-bond acceptors (Lipinski definition) is 5. The maximum absolute atomic E-state index is 11.9. The van der Waals surface area contributed by atoms with Gasteiger partial charge < -0.3 is 19.1 Å². The third kappa shape index (κ3) is 7.67. The molecule has 0 N–H and O–H groups in total. The van der Waals surface area contributed by atoms with Crippen molar-refractivity contribution in [3.63, 3.8) is 0 Å². The third-order valence-electron chi connectivity index (χ3n) is 4.02. The van der Waals surface area contributed by atoms with Crippen molar-refractivity contribution in [3.05, 3.63) is 35.9 Å². The number of rotatable bonds is 9. The molecule has 1 aliphatic heterocycles. The van der Waals surface area contributed by atoms with Crippen molar-refractivity contribution >= 4 is 11.9 Å². The average Bonchev–Trinajstić information content (AvgIpc) is 2.66. The van der Waals surface area contributed by atoms with Crippen molar-refractivity contribution in [2.24, 2.45) is 0 Å². The number of hydrogen-bond donors (Lipinski definition) is 0. The molecular formula is C19H27NO5. The number of ketones is 1. The molecule has 1 amide bonds. The molecule has 0 spiro atoms. The van der Waals surface area contributed by atoms with Crippen LogP contribution in [0.4, 0.5) is 4.79 Å². The van der Waals surface area contributed by atoms with Crippen LogP contribution in [-0.2, 0) is 25.6 Å². The van der Waals surface area contributed by atoms with Crippen molar-refractivity contribution < 1.29 is 23.8 Å². The van der Waals surface area contributed by atoms with E-state index in [4.69, 9.17) is 14.2 Å². The summed E-state index contributed by atoms with van der Waals surface area (Å²) >= 11 is 0. The summed E-state index contributed by atoms with van der Waals surface area (Å²) in [7, 11) is 1.68. The van der Waals surface area contributed by atoms with Crippen LogP contribution in [0, 0.1) is 0 Å². The van der Waals surface area contributed by atoms with E-state index in [1.165, 1.54) is 4.90 Å². The van der Waals surface area contributed by atoms with Crippen LogP contribution in [0.1, 0.15) is 37.7 Å². The summed E-state index contributed by atoms with van der Waals surface area (Å²) in [6.07, 6.45) is 2.43. The molecule has 6 nitrogen and oxygen atoms in total. The second kappa shape index (κ2) is 10.8. The van der Waals surface area contributed by atoms with E-state index in [-0.39, 0.29) is 24.8 Å². The van der Waals surface area contributed by atoms with Gasteiger partial charge in [0.25, 0.3) is 0 Å². The Kier molecular flexibility index (Phi) is 8.42. The van der Waals surface area contributed by atoms with Crippen LogP contribution < -0.4 is 0 Å². The fourth-order valence-electron chi connectivity index (χ4n) is 2.54. The molecule has 1 fully saturated rings. The molecule has 1 saturated heterocycles. The predicted octanol–water partition coefficient (Wildman–Crippen LogP) is 3.15. The Balaban J connectivity index is 1.55. The Morgan fingerprint density at radius 3 is 2.60 bits per heavy atom. The monoisotopic (exact) mass is 349 g/mol. The maximum atomic E-state index is 11.9. The Bertz CT molecular complexity index is 528. The van der Waals surface area contributed by atoms with Gasteiger partial charge in [-0.25, -0.2) is 4.79 Å². The number of benzene rings is 1. The highest BCUT2D eigenvalue weighted by Gasteiger charge is 2.16. The topological polar surface area (TPSA) is 65.1 Å². The van der Waals surface area contributed by atoms with Gasteiger partial charge in [0.1, 0.15) is 12.4 Å². The smallest absolute Gasteiger partial charge is 0.409 e. The summed E-state index contributed by atoms with van der Waals surface area (Å²) in [6, 6.07) is 9.54. The van der Waals surface area contributed by atoms with E-state index in [0.29, 0.717) is 45.4 Å². The highest BCUT2D eigenvalue weighted by molar-refractivity contribution is 5.78. The lowest BCUT2D eigenvalue weighted by Gasteiger charge is -2.22. The van der Waals surface area contributed by atoms with Crippen molar-refractivity contribution in [3.8, 4) is 0 Å². The molecule has 0 saturated carbocycles. The van der Waals surface area contributed by atoms with Crippen LogP contribution in [0.25, 0.3) is 0 Å². The summed E-state index contributed by atoms with van der Waals surface area (Å²) in [4.78, 5) is 25.3. The van der Waals surface area contributed by atoms with E-state index in [1.54, 1.807) is 7.05 Å². The summed E-state index contributed by atoms with van der Waals surface area (Å²) in [6.45, 7) is 2.16. The summed E-state index contributed by atoms with van der Waals surface area (Å²) in [5, 5.41) is 0. The minimum absolute atomic E-state index is 0.170. The predicted molar refractivity (Wildman–Crippen MR) is 93.0 cm³/mol. The first-order chi connectivity index (χ1) is 12.1. The molecule has 0 atom stereocenters. The van der Waals surface area contributed by atoms with Gasteiger partial charge in [0.05, 0.1) is 13.2 Å². The average molecular weight is 349 g/mol. The molecule has 0 aromatic heterocycles. The number of ether oxygens (including phenoxy) is 3. The van der Waals surface area contributed by atoms with Gasteiger partial charge >= 0.3 is 6.09 Å². The van der Waals surface area contributed by atoms with Gasteiger partial charge in [-0.15, -0.1) is 0 Å². The summed E-state index contributed by atoms with van der Waals surface area (Å²) in [5.74, 6) is 0.170. The van der Waals surface area contributed by atoms with Crippen molar-refractivity contribution in [1.82, 2.24) is 4.90 Å². The van der Waals surface area contributed by atoms with Crippen LogP contribution in [0.5, 0.6) is 0 Å². The van der Waals surface area contributed by atoms with Crippen LogP contribution in [0.2, 0.25) is 0 Å². The summed E-state index contributed by atoms with van der Waals surface area (Å²) < 4.78 is 16.1. The minimum Gasteiger partial charge on any atom is -0.445 e. The molecular weight excluding hydrogens is 322 g/mol. The number of nitrogens with zero attached hydrogens (tertiary/aromatic N) is 1. The number of carbonyl (C=O) groups is 2. The first kappa shape index (κ1) is 19.4. The van der Waals surface area contributed by atoms with E-state index in [0.717, 1.165) is 12.0 Å². The fraction of sp³-hybridized carbons (Fsp3) is 0.579. The Morgan fingerprint density at radius 1 is 1.16 bits per heavy atom. The molecule has 25 heavy (non-hydrogen) atoms. The number of Topliss-reactive ketones (excluding diaryl/α,β-unsaturated/α-hetero) is 1. The van der Waals surface area contributed by atoms with Crippen LogP contribution in [0.3, 0.4) is 0 Å². The lowest BCUT2D eigenvalue weighted by Crippen LogP contribution is -2.29.